The van der Waals surface area contributed by atoms with E-state index < -0.39 is 0 Å². The van der Waals surface area contributed by atoms with Crippen molar-refractivity contribution in [2.24, 2.45) is 0 Å². The molecule has 0 aromatic heterocycles. The maximum absolute atomic E-state index is 13.5. The highest BCUT2D eigenvalue weighted by molar-refractivity contribution is 9.10. The molecular formula is C17H18Br2FN. The largest absolute Gasteiger partial charge is 0.306 e. The molecule has 2 aromatic rings. The van der Waals surface area contributed by atoms with Gasteiger partial charge in [0.05, 0.1) is 10.5 Å². The van der Waals surface area contributed by atoms with Crippen molar-refractivity contribution in [3.05, 3.63) is 67.9 Å². The molecule has 0 heterocycles. The van der Waals surface area contributed by atoms with Crippen LogP contribution < -0.4 is 5.32 Å². The summed E-state index contributed by atoms with van der Waals surface area (Å²) in [6.45, 7) is 5.12. The van der Waals surface area contributed by atoms with E-state index in [9.17, 15) is 4.39 Å². The van der Waals surface area contributed by atoms with Crippen LogP contribution in [0.15, 0.2) is 45.3 Å². The average Bonchev–Trinajstić information content (AvgIpc) is 2.42. The second-order valence-electron chi connectivity index (χ2n) is 5.12. The highest BCUT2D eigenvalue weighted by Gasteiger charge is 2.15. The summed E-state index contributed by atoms with van der Waals surface area (Å²) in [5.74, 6) is -0.238. The second kappa shape index (κ2) is 7.52. The van der Waals surface area contributed by atoms with Crippen molar-refractivity contribution in [1.82, 2.24) is 5.32 Å². The molecule has 4 heteroatoms. The number of hydrogen-bond donors (Lipinski definition) is 1. The first-order valence-electron chi connectivity index (χ1n) is 6.96. The maximum atomic E-state index is 13.5. The molecule has 1 unspecified atom stereocenters. The lowest BCUT2D eigenvalue weighted by atomic mass is 9.97. The highest BCUT2D eigenvalue weighted by Crippen LogP contribution is 2.28. The van der Waals surface area contributed by atoms with Gasteiger partial charge in [-0.05, 0) is 76.8 Å². The van der Waals surface area contributed by atoms with E-state index in [2.05, 4.69) is 69.2 Å². The number of rotatable bonds is 5. The third-order valence-corrected chi connectivity index (χ3v) is 4.34. The molecule has 21 heavy (non-hydrogen) atoms. The molecule has 2 rings (SSSR count). The minimum absolute atomic E-state index is 0.0537. The zero-order valence-corrected chi connectivity index (χ0v) is 15.3. The minimum Gasteiger partial charge on any atom is -0.306 e. The van der Waals surface area contributed by atoms with Crippen LogP contribution in [0.25, 0.3) is 0 Å². The smallest absolute Gasteiger partial charge is 0.137 e. The summed E-state index contributed by atoms with van der Waals surface area (Å²) in [5, 5.41) is 3.54. The van der Waals surface area contributed by atoms with Crippen LogP contribution in [0, 0.1) is 12.7 Å². The van der Waals surface area contributed by atoms with Crippen molar-refractivity contribution in [1.29, 1.82) is 0 Å². The summed E-state index contributed by atoms with van der Waals surface area (Å²) in [4.78, 5) is 0. The van der Waals surface area contributed by atoms with Crippen molar-refractivity contribution in [2.75, 3.05) is 6.54 Å². The van der Waals surface area contributed by atoms with Gasteiger partial charge in [0.15, 0.2) is 0 Å². The van der Waals surface area contributed by atoms with Crippen molar-refractivity contribution in [3.8, 4) is 0 Å². The van der Waals surface area contributed by atoms with Gasteiger partial charge in [0, 0.05) is 4.47 Å². The van der Waals surface area contributed by atoms with Gasteiger partial charge in [-0.1, -0.05) is 35.0 Å². The van der Waals surface area contributed by atoms with Gasteiger partial charge >= 0.3 is 0 Å². The maximum Gasteiger partial charge on any atom is 0.137 e. The summed E-state index contributed by atoms with van der Waals surface area (Å²) in [6.07, 6.45) is 1.05. The fraction of sp³-hybridized carbons (Fsp3) is 0.294. The summed E-state index contributed by atoms with van der Waals surface area (Å²) in [7, 11) is 0. The van der Waals surface area contributed by atoms with Gasteiger partial charge in [-0.25, -0.2) is 4.39 Å². The van der Waals surface area contributed by atoms with Crippen molar-refractivity contribution < 1.29 is 4.39 Å². The van der Waals surface area contributed by atoms with Crippen LogP contribution in [-0.2, 0) is 0 Å². The molecule has 112 valence electrons. The molecule has 0 bridgehead atoms. The molecule has 0 aliphatic heterocycles. The molecule has 1 atom stereocenters. The van der Waals surface area contributed by atoms with Crippen LogP contribution in [0.1, 0.15) is 36.1 Å². The number of hydrogen-bond acceptors (Lipinski definition) is 1. The van der Waals surface area contributed by atoms with E-state index in [1.807, 2.05) is 12.1 Å². The van der Waals surface area contributed by atoms with Gasteiger partial charge in [-0.3, -0.25) is 0 Å². The van der Waals surface area contributed by atoms with Crippen LogP contribution in [0.4, 0.5) is 4.39 Å². The molecule has 0 spiro atoms. The molecule has 1 N–H and O–H groups in total. The van der Waals surface area contributed by atoms with E-state index in [1.165, 1.54) is 17.2 Å². The Bertz CT molecular complexity index is 608. The lowest BCUT2D eigenvalue weighted by molar-refractivity contribution is 0.590. The van der Waals surface area contributed by atoms with E-state index in [4.69, 9.17) is 0 Å². The normalized spacial score (nSPS) is 12.4. The Hall–Kier alpha value is -0.710. The first-order valence-corrected chi connectivity index (χ1v) is 8.55. The fourth-order valence-corrected chi connectivity index (χ4v) is 3.36. The van der Waals surface area contributed by atoms with E-state index in [0.29, 0.717) is 4.47 Å². The predicted molar refractivity (Wildman–Crippen MR) is 93.1 cm³/mol. The average molecular weight is 415 g/mol. The van der Waals surface area contributed by atoms with E-state index >= 15 is 0 Å². The summed E-state index contributed by atoms with van der Waals surface area (Å²) in [6, 6.07) is 11.6. The summed E-state index contributed by atoms with van der Waals surface area (Å²) in [5.41, 5.74) is 3.42. The van der Waals surface area contributed by atoms with Crippen molar-refractivity contribution in [3.63, 3.8) is 0 Å². The van der Waals surface area contributed by atoms with Crippen LogP contribution in [0.5, 0.6) is 0 Å². The van der Waals surface area contributed by atoms with Crippen LogP contribution in [0.2, 0.25) is 0 Å². The van der Waals surface area contributed by atoms with Crippen LogP contribution in [0.3, 0.4) is 0 Å². The Morgan fingerprint density at radius 1 is 1.10 bits per heavy atom. The topological polar surface area (TPSA) is 12.0 Å². The monoisotopic (exact) mass is 413 g/mol. The van der Waals surface area contributed by atoms with Gasteiger partial charge in [0.1, 0.15) is 5.82 Å². The zero-order chi connectivity index (χ0) is 15.4. The molecule has 0 amide bonds. The minimum atomic E-state index is -0.238. The number of aryl methyl sites for hydroxylation is 1. The number of benzene rings is 2. The second-order valence-corrected chi connectivity index (χ2v) is 6.89. The third kappa shape index (κ3) is 4.38. The van der Waals surface area contributed by atoms with Crippen molar-refractivity contribution >= 4 is 31.9 Å². The SMILES string of the molecule is CCCNC(c1cc(C)cc(Br)c1)c1ccc(F)c(Br)c1. The van der Waals surface area contributed by atoms with Gasteiger partial charge < -0.3 is 5.32 Å². The Labute approximate surface area is 142 Å². The van der Waals surface area contributed by atoms with Crippen LogP contribution in [-0.4, -0.2) is 6.54 Å². The van der Waals surface area contributed by atoms with Crippen LogP contribution >= 0.6 is 31.9 Å². The molecule has 0 saturated heterocycles. The molecule has 0 saturated carbocycles. The lowest BCUT2D eigenvalue weighted by Crippen LogP contribution is -2.23. The number of halogens is 3. The Balaban J connectivity index is 2.43. The Kier molecular flexibility index (Phi) is 5.97. The summed E-state index contributed by atoms with van der Waals surface area (Å²) >= 11 is 6.82. The van der Waals surface area contributed by atoms with E-state index in [0.717, 1.165) is 23.0 Å². The van der Waals surface area contributed by atoms with Crippen molar-refractivity contribution in [2.45, 2.75) is 26.3 Å². The third-order valence-electron chi connectivity index (χ3n) is 3.27. The Morgan fingerprint density at radius 3 is 2.48 bits per heavy atom. The molecule has 0 aliphatic rings. The zero-order valence-electron chi connectivity index (χ0n) is 12.1. The van der Waals surface area contributed by atoms with Gasteiger partial charge in [-0.2, -0.15) is 0 Å². The molecule has 2 aromatic carbocycles. The van der Waals surface area contributed by atoms with E-state index in [1.54, 1.807) is 0 Å². The molecule has 0 aliphatic carbocycles. The van der Waals surface area contributed by atoms with Gasteiger partial charge in [0.2, 0.25) is 0 Å². The standard InChI is InChI=1S/C17H18Br2FN/c1-3-6-21-17(12-4-5-16(20)15(19)10-12)13-7-11(2)8-14(18)9-13/h4-5,7-10,17,21H,3,6H2,1-2H3. The molecule has 1 nitrogen and oxygen atoms in total. The fourth-order valence-electron chi connectivity index (χ4n) is 2.34. The first kappa shape index (κ1) is 16.7. The lowest BCUT2D eigenvalue weighted by Gasteiger charge is -2.21. The predicted octanol–water partition coefficient (Wildman–Crippen LogP) is 5.75. The first-order chi connectivity index (χ1) is 10.0. The molecular weight excluding hydrogens is 397 g/mol. The van der Waals surface area contributed by atoms with E-state index in [-0.39, 0.29) is 11.9 Å². The molecule has 0 radical (unpaired) electrons. The number of nitrogens with one attached hydrogen (secondary N) is 1. The molecule has 0 fully saturated rings. The quantitative estimate of drug-likeness (QED) is 0.656. The Morgan fingerprint density at radius 2 is 1.86 bits per heavy atom. The van der Waals surface area contributed by atoms with Gasteiger partial charge in [-0.15, -0.1) is 0 Å². The summed E-state index contributed by atoms with van der Waals surface area (Å²) < 4.78 is 15.0. The highest BCUT2D eigenvalue weighted by atomic mass is 79.9. The van der Waals surface area contributed by atoms with Gasteiger partial charge in [0.25, 0.3) is 0 Å².